The SMILES string of the molecule is O=C(O)c1onc(C2CCNCC2)c1Br. The molecule has 0 radical (unpaired) electrons. The molecule has 0 unspecified atom stereocenters. The Kier molecular flexibility index (Phi) is 3.06. The zero-order valence-corrected chi connectivity index (χ0v) is 9.58. The molecule has 2 heterocycles. The van der Waals surface area contributed by atoms with Crippen molar-refractivity contribution in [3.8, 4) is 0 Å². The van der Waals surface area contributed by atoms with E-state index in [2.05, 4.69) is 26.4 Å². The highest BCUT2D eigenvalue weighted by Crippen LogP contribution is 2.32. The zero-order valence-electron chi connectivity index (χ0n) is 7.99. The minimum atomic E-state index is -1.09. The van der Waals surface area contributed by atoms with E-state index in [9.17, 15) is 4.79 Å². The Morgan fingerprint density at radius 1 is 1.53 bits per heavy atom. The van der Waals surface area contributed by atoms with Crippen molar-refractivity contribution in [1.29, 1.82) is 0 Å². The van der Waals surface area contributed by atoms with Crippen LogP contribution in [0.3, 0.4) is 0 Å². The normalized spacial score (nSPS) is 17.9. The van der Waals surface area contributed by atoms with Gasteiger partial charge in [0.2, 0.25) is 0 Å². The van der Waals surface area contributed by atoms with Gasteiger partial charge in [0.15, 0.2) is 0 Å². The lowest BCUT2D eigenvalue weighted by molar-refractivity contribution is 0.0650. The number of aromatic nitrogens is 1. The van der Waals surface area contributed by atoms with Crippen LogP contribution in [0.5, 0.6) is 0 Å². The molecule has 5 nitrogen and oxygen atoms in total. The van der Waals surface area contributed by atoms with Crippen molar-refractivity contribution in [3.63, 3.8) is 0 Å². The lowest BCUT2D eigenvalue weighted by Crippen LogP contribution is -2.26. The van der Waals surface area contributed by atoms with Crippen molar-refractivity contribution in [2.75, 3.05) is 13.1 Å². The number of nitrogens with one attached hydrogen (secondary N) is 1. The number of carboxylic acid groups (broad SMARTS) is 1. The summed E-state index contributed by atoms with van der Waals surface area (Å²) in [6.07, 6.45) is 1.92. The molecule has 1 aliphatic heterocycles. The van der Waals surface area contributed by atoms with Crippen molar-refractivity contribution in [2.45, 2.75) is 18.8 Å². The van der Waals surface area contributed by atoms with Crippen molar-refractivity contribution in [2.24, 2.45) is 0 Å². The average molecular weight is 275 g/mol. The van der Waals surface area contributed by atoms with Gasteiger partial charge in [-0.05, 0) is 41.9 Å². The molecule has 0 aliphatic carbocycles. The van der Waals surface area contributed by atoms with Crippen LogP contribution >= 0.6 is 15.9 Å². The monoisotopic (exact) mass is 274 g/mol. The van der Waals surface area contributed by atoms with Gasteiger partial charge < -0.3 is 14.9 Å². The van der Waals surface area contributed by atoms with Crippen LogP contribution in [0.1, 0.15) is 35.0 Å². The third-order valence-electron chi connectivity index (χ3n) is 2.58. The van der Waals surface area contributed by atoms with Gasteiger partial charge in [-0.2, -0.15) is 0 Å². The fourth-order valence-corrected chi connectivity index (χ4v) is 2.41. The van der Waals surface area contributed by atoms with Gasteiger partial charge in [-0.15, -0.1) is 0 Å². The zero-order chi connectivity index (χ0) is 10.8. The highest BCUT2D eigenvalue weighted by atomic mass is 79.9. The second-order valence-electron chi connectivity index (χ2n) is 3.54. The number of rotatable bonds is 2. The predicted octanol–water partition coefficient (Wildman–Crippen LogP) is 1.60. The van der Waals surface area contributed by atoms with Crippen molar-refractivity contribution in [3.05, 3.63) is 15.9 Å². The molecule has 82 valence electrons. The summed E-state index contributed by atoms with van der Waals surface area (Å²) < 4.78 is 5.28. The Balaban J connectivity index is 2.24. The molecule has 1 fully saturated rings. The molecule has 1 aromatic rings. The number of nitrogens with zero attached hydrogens (tertiary/aromatic N) is 1. The lowest BCUT2D eigenvalue weighted by atomic mass is 9.94. The van der Waals surface area contributed by atoms with Crippen LogP contribution in [-0.2, 0) is 0 Å². The summed E-state index contributed by atoms with van der Waals surface area (Å²) in [5.41, 5.74) is 0.730. The summed E-state index contributed by atoms with van der Waals surface area (Å²) in [5.74, 6) is -0.907. The quantitative estimate of drug-likeness (QED) is 0.857. The highest BCUT2D eigenvalue weighted by Gasteiger charge is 2.26. The molecule has 0 atom stereocenters. The van der Waals surface area contributed by atoms with E-state index < -0.39 is 5.97 Å². The van der Waals surface area contributed by atoms with E-state index in [0.29, 0.717) is 4.47 Å². The Labute approximate surface area is 95.0 Å². The summed E-state index contributed by atoms with van der Waals surface area (Å²) in [6.45, 7) is 1.87. The molecule has 1 aromatic heterocycles. The summed E-state index contributed by atoms with van der Waals surface area (Å²) in [7, 11) is 0. The number of hydrogen-bond acceptors (Lipinski definition) is 4. The van der Waals surface area contributed by atoms with E-state index in [1.807, 2.05) is 0 Å². The number of halogens is 1. The maximum Gasteiger partial charge on any atom is 0.375 e. The van der Waals surface area contributed by atoms with Gasteiger partial charge in [-0.25, -0.2) is 4.79 Å². The van der Waals surface area contributed by atoms with E-state index in [0.717, 1.165) is 31.6 Å². The van der Waals surface area contributed by atoms with E-state index in [1.54, 1.807) is 0 Å². The summed E-state index contributed by atoms with van der Waals surface area (Å²) >= 11 is 3.23. The molecule has 2 N–H and O–H groups in total. The average Bonchev–Trinajstić information content (AvgIpc) is 2.61. The second kappa shape index (κ2) is 4.32. The van der Waals surface area contributed by atoms with E-state index in [-0.39, 0.29) is 11.7 Å². The number of carbonyl (C=O) groups is 1. The van der Waals surface area contributed by atoms with Gasteiger partial charge in [0.1, 0.15) is 5.69 Å². The third-order valence-corrected chi connectivity index (χ3v) is 3.35. The Bertz CT molecular complexity index is 371. The second-order valence-corrected chi connectivity index (χ2v) is 4.33. The van der Waals surface area contributed by atoms with Gasteiger partial charge in [0, 0.05) is 5.92 Å². The standard InChI is InChI=1S/C9H11BrN2O3/c10-6-7(5-1-3-11-4-2-5)12-15-8(6)9(13)14/h5,11H,1-4H2,(H,13,14). The molecule has 0 saturated carbocycles. The topological polar surface area (TPSA) is 75.4 Å². The summed E-state index contributed by atoms with van der Waals surface area (Å²) in [5, 5.41) is 15.9. The van der Waals surface area contributed by atoms with Gasteiger partial charge >= 0.3 is 5.97 Å². The molecular formula is C9H11BrN2O3. The van der Waals surface area contributed by atoms with Gasteiger partial charge in [-0.3, -0.25) is 0 Å². The fraction of sp³-hybridized carbons (Fsp3) is 0.556. The molecule has 1 saturated heterocycles. The van der Waals surface area contributed by atoms with Crippen LogP contribution in [0.25, 0.3) is 0 Å². The Morgan fingerprint density at radius 3 is 2.73 bits per heavy atom. The number of piperidine rings is 1. The molecule has 0 aromatic carbocycles. The van der Waals surface area contributed by atoms with Crippen LogP contribution in [0.2, 0.25) is 0 Å². The first-order chi connectivity index (χ1) is 7.20. The number of carboxylic acids is 1. The molecule has 0 spiro atoms. The molecule has 2 rings (SSSR count). The lowest BCUT2D eigenvalue weighted by Gasteiger charge is -2.20. The van der Waals surface area contributed by atoms with Crippen molar-refractivity contribution >= 4 is 21.9 Å². The fourth-order valence-electron chi connectivity index (χ4n) is 1.77. The molecule has 0 bridgehead atoms. The first kappa shape index (κ1) is 10.6. The van der Waals surface area contributed by atoms with Crippen LogP contribution in [0, 0.1) is 0 Å². The molecule has 1 aliphatic rings. The highest BCUT2D eigenvalue weighted by molar-refractivity contribution is 9.10. The van der Waals surface area contributed by atoms with Crippen molar-refractivity contribution < 1.29 is 14.4 Å². The van der Waals surface area contributed by atoms with E-state index >= 15 is 0 Å². The van der Waals surface area contributed by atoms with Gasteiger partial charge in [0.05, 0.1) is 4.47 Å². The maximum absolute atomic E-state index is 10.7. The minimum absolute atomic E-state index is 0.108. The Morgan fingerprint density at radius 2 is 2.20 bits per heavy atom. The molecular weight excluding hydrogens is 264 g/mol. The number of hydrogen-bond donors (Lipinski definition) is 2. The van der Waals surface area contributed by atoms with Gasteiger partial charge in [-0.1, -0.05) is 5.16 Å². The van der Waals surface area contributed by atoms with E-state index in [4.69, 9.17) is 9.63 Å². The smallest absolute Gasteiger partial charge is 0.375 e. The van der Waals surface area contributed by atoms with Crippen molar-refractivity contribution in [1.82, 2.24) is 10.5 Å². The predicted molar refractivity (Wildman–Crippen MR) is 56.0 cm³/mol. The summed E-state index contributed by atoms with van der Waals surface area (Å²) in [6, 6.07) is 0. The number of aromatic carboxylic acids is 1. The molecule has 0 amide bonds. The van der Waals surface area contributed by atoms with Crippen LogP contribution in [0.15, 0.2) is 9.00 Å². The largest absolute Gasteiger partial charge is 0.475 e. The summed E-state index contributed by atoms with van der Waals surface area (Å²) in [4.78, 5) is 10.7. The molecule has 6 heteroatoms. The van der Waals surface area contributed by atoms with Gasteiger partial charge in [0.25, 0.3) is 5.76 Å². The van der Waals surface area contributed by atoms with Crippen LogP contribution in [0.4, 0.5) is 0 Å². The third kappa shape index (κ3) is 2.05. The minimum Gasteiger partial charge on any atom is -0.475 e. The van der Waals surface area contributed by atoms with E-state index in [1.165, 1.54) is 0 Å². The van der Waals surface area contributed by atoms with Crippen LogP contribution < -0.4 is 5.32 Å². The first-order valence-electron chi connectivity index (χ1n) is 4.79. The first-order valence-corrected chi connectivity index (χ1v) is 5.58. The van der Waals surface area contributed by atoms with Crippen LogP contribution in [-0.4, -0.2) is 29.3 Å². The molecule has 15 heavy (non-hydrogen) atoms. The maximum atomic E-state index is 10.7. The Hall–Kier alpha value is -0.880.